The predicted molar refractivity (Wildman–Crippen MR) is 90.0 cm³/mol. The van der Waals surface area contributed by atoms with Crippen LogP contribution >= 0.6 is 0 Å². The van der Waals surface area contributed by atoms with E-state index in [0.717, 1.165) is 0 Å². The topological polar surface area (TPSA) is 145 Å². The van der Waals surface area contributed by atoms with E-state index in [1.165, 1.54) is 12.1 Å². The third-order valence-corrected chi connectivity index (χ3v) is 3.97. The molecule has 10 heteroatoms. The molecular formula is C15H21N3O6S. The summed E-state index contributed by atoms with van der Waals surface area (Å²) in [6.07, 6.45) is -0.999. The molecule has 138 valence electrons. The van der Waals surface area contributed by atoms with Crippen LogP contribution in [0, 0.1) is 0 Å². The molecule has 0 aliphatic rings. The highest BCUT2D eigenvalue weighted by atomic mass is 32.2. The first-order valence-electron chi connectivity index (χ1n) is 7.28. The van der Waals surface area contributed by atoms with Crippen molar-refractivity contribution in [2.45, 2.75) is 32.4 Å². The van der Waals surface area contributed by atoms with Crippen molar-refractivity contribution in [3.63, 3.8) is 0 Å². The molecule has 9 nitrogen and oxygen atoms in total. The summed E-state index contributed by atoms with van der Waals surface area (Å²) in [5.41, 5.74) is 4.40. The molecule has 0 saturated carbocycles. The lowest BCUT2D eigenvalue weighted by Gasteiger charge is -2.22. The summed E-state index contributed by atoms with van der Waals surface area (Å²) in [6, 6.07) is 6.09. The van der Waals surface area contributed by atoms with Gasteiger partial charge in [-0.2, -0.15) is 0 Å². The van der Waals surface area contributed by atoms with Gasteiger partial charge in [0.25, 0.3) is 5.91 Å². The van der Waals surface area contributed by atoms with Crippen LogP contribution in [0.1, 0.15) is 31.1 Å². The van der Waals surface area contributed by atoms with Crippen molar-refractivity contribution in [2.75, 3.05) is 5.75 Å². The van der Waals surface area contributed by atoms with Crippen LogP contribution in [0.5, 0.6) is 0 Å². The summed E-state index contributed by atoms with van der Waals surface area (Å²) in [5, 5.41) is 2.08. The van der Waals surface area contributed by atoms with E-state index in [4.69, 9.17) is 10.5 Å². The second kappa shape index (κ2) is 7.97. The lowest BCUT2D eigenvalue weighted by atomic mass is 10.2. The number of nitrogens with one attached hydrogen (secondary N) is 2. The van der Waals surface area contributed by atoms with Gasteiger partial charge in [-0.05, 0) is 32.9 Å². The van der Waals surface area contributed by atoms with Crippen LogP contribution in [0.3, 0.4) is 0 Å². The van der Waals surface area contributed by atoms with Crippen LogP contribution in [0.2, 0.25) is 0 Å². The van der Waals surface area contributed by atoms with Gasteiger partial charge in [-0.25, -0.2) is 17.9 Å². The van der Waals surface area contributed by atoms with Gasteiger partial charge in [0.1, 0.15) is 11.6 Å². The zero-order chi connectivity index (χ0) is 19.3. The maximum Gasteiger partial charge on any atom is 0.408 e. The molecule has 0 unspecified atom stereocenters. The number of rotatable bonds is 6. The fourth-order valence-electron chi connectivity index (χ4n) is 1.70. The molecule has 0 aromatic heterocycles. The van der Waals surface area contributed by atoms with Gasteiger partial charge in [-0.1, -0.05) is 18.2 Å². The lowest BCUT2D eigenvalue weighted by Crippen LogP contribution is -2.51. The number of nitrogens with two attached hydrogens (primary N) is 1. The molecule has 1 rings (SSSR count). The van der Waals surface area contributed by atoms with Gasteiger partial charge in [0.2, 0.25) is 15.9 Å². The predicted octanol–water partition coefficient (Wildman–Crippen LogP) is 0.125. The minimum Gasteiger partial charge on any atom is -0.444 e. The fraction of sp³-hybridized carbons (Fsp3) is 0.400. The monoisotopic (exact) mass is 371 g/mol. The third-order valence-electron chi connectivity index (χ3n) is 2.70. The van der Waals surface area contributed by atoms with Crippen molar-refractivity contribution in [1.29, 1.82) is 0 Å². The van der Waals surface area contributed by atoms with Crippen molar-refractivity contribution >= 4 is 27.9 Å². The van der Waals surface area contributed by atoms with Crippen molar-refractivity contribution in [3.05, 3.63) is 35.9 Å². The quantitative estimate of drug-likeness (QED) is 0.648. The first-order chi connectivity index (χ1) is 11.4. The zero-order valence-corrected chi connectivity index (χ0v) is 14.9. The Morgan fingerprint density at radius 3 is 2.20 bits per heavy atom. The van der Waals surface area contributed by atoms with Gasteiger partial charge < -0.3 is 15.8 Å². The number of alkyl carbamates (subject to hydrolysis) is 1. The van der Waals surface area contributed by atoms with E-state index in [1.54, 1.807) is 39.0 Å². The van der Waals surface area contributed by atoms with Gasteiger partial charge >= 0.3 is 6.09 Å². The fourth-order valence-corrected chi connectivity index (χ4v) is 2.87. The number of hydrogen-bond acceptors (Lipinski definition) is 6. The second-order valence-corrected chi connectivity index (χ2v) is 7.95. The number of carbonyl (C=O) groups is 3. The van der Waals surface area contributed by atoms with Crippen LogP contribution in [0.15, 0.2) is 30.3 Å². The first kappa shape index (κ1) is 20.4. The standard InChI is InChI=1S/C15H21N3O6S/c1-15(2,3)24-14(21)17-11(12(16)19)9-25(22,23)18-13(20)10-7-5-4-6-8-10/h4-8,11H,9H2,1-3H3,(H2,16,19)(H,17,21)(H,18,20)/t11-/m0/s1. The molecule has 0 spiro atoms. The van der Waals surface area contributed by atoms with Gasteiger partial charge in [-0.15, -0.1) is 0 Å². The van der Waals surface area contributed by atoms with Gasteiger partial charge in [0, 0.05) is 5.56 Å². The number of ether oxygens (including phenoxy) is 1. The molecule has 0 fully saturated rings. The molecule has 0 saturated heterocycles. The Balaban J connectivity index is 2.78. The van der Waals surface area contributed by atoms with Crippen LogP contribution < -0.4 is 15.8 Å². The van der Waals surface area contributed by atoms with Crippen molar-refractivity contribution < 1.29 is 27.5 Å². The van der Waals surface area contributed by atoms with E-state index >= 15 is 0 Å². The highest BCUT2D eigenvalue weighted by molar-refractivity contribution is 7.90. The molecule has 3 amide bonds. The van der Waals surface area contributed by atoms with Crippen molar-refractivity contribution in [1.82, 2.24) is 10.0 Å². The summed E-state index contributed by atoms with van der Waals surface area (Å²) in [7, 11) is -4.23. The largest absolute Gasteiger partial charge is 0.444 e. The van der Waals surface area contributed by atoms with Gasteiger partial charge in [0.05, 0.1) is 5.75 Å². The molecule has 0 heterocycles. The number of benzene rings is 1. The Morgan fingerprint density at radius 1 is 1.16 bits per heavy atom. The highest BCUT2D eigenvalue weighted by Crippen LogP contribution is 2.07. The van der Waals surface area contributed by atoms with E-state index in [1.807, 2.05) is 4.72 Å². The van der Waals surface area contributed by atoms with Gasteiger partial charge in [0.15, 0.2) is 0 Å². The Kier molecular flexibility index (Phi) is 6.51. The number of hydrogen-bond donors (Lipinski definition) is 3. The van der Waals surface area contributed by atoms with E-state index in [2.05, 4.69) is 5.32 Å². The minimum atomic E-state index is -4.23. The third kappa shape index (κ3) is 7.66. The molecule has 1 atom stereocenters. The highest BCUT2D eigenvalue weighted by Gasteiger charge is 2.28. The molecule has 4 N–H and O–H groups in total. The number of amides is 3. The first-order valence-corrected chi connectivity index (χ1v) is 8.93. The van der Waals surface area contributed by atoms with Crippen molar-refractivity contribution in [2.24, 2.45) is 5.73 Å². The van der Waals surface area contributed by atoms with Crippen LogP contribution in [-0.4, -0.2) is 43.7 Å². The Bertz CT molecular complexity index is 740. The summed E-state index contributed by atoms with van der Waals surface area (Å²) in [6.45, 7) is 4.80. The van der Waals surface area contributed by atoms with E-state index in [9.17, 15) is 22.8 Å². The molecule has 0 radical (unpaired) electrons. The van der Waals surface area contributed by atoms with E-state index in [0.29, 0.717) is 0 Å². The van der Waals surface area contributed by atoms with E-state index < -0.39 is 45.3 Å². The van der Waals surface area contributed by atoms with Gasteiger partial charge in [-0.3, -0.25) is 9.59 Å². The Hall–Kier alpha value is -2.62. The summed E-state index contributed by atoms with van der Waals surface area (Å²) in [4.78, 5) is 35.0. The number of sulfonamides is 1. The number of carbonyl (C=O) groups excluding carboxylic acids is 3. The zero-order valence-electron chi connectivity index (χ0n) is 14.1. The van der Waals surface area contributed by atoms with Crippen LogP contribution in [-0.2, 0) is 19.6 Å². The molecule has 1 aromatic carbocycles. The number of primary amides is 1. The minimum absolute atomic E-state index is 0.127. The maximum absolute atomic E-state index is 12.1. The lowest BCUT2D eigenvalue weighted by molar-refractivity contribution is -0.119. The molecule has 25 heavy (non-hydrogen) atoms. The van der Waals surface area contributed by atoms with Crippen LogP contribution in [0.4, 0.5) is 4.79 Å². The second-order valence-electron chi connectivity index (χ2n) is 6.18. The van der Waals surface area contributed by atoms with E-state index in [-0.39, 0.29) is 5.56 Å². The normalized spacial score (nSPS) is 12.8. The molecule has 0 aliphatic heterocycles. The van der Waals surface area contributed by atoms with Crippen LogP contribution in [0.25, 0.3) is 0 Å². The molecule has 0 bridgehead atoms. The summed E-state index contributed by atoms with van der Waals surface area (Å²) in [5.74, 6) is -2.84. The molecule has 1 aromatic rings. The SMILES string of the molecule is CC(C)(C)OC(=O)N[C@@H](CS(=O)(=O)NC(=O)c1ccccc1)C(N)=O. The summed E-state index contributed by atoms with van der Waals surface area (Å²) < 4.78 is 30.9. The summed E-state index contributed by atoms with van der Waals surface area (Å²) >= 11 is 0. The Labute approximate surface area is 146 Å². The Morgan fingerprint density at radius 2 is 1.72 bits per heavy atom. The molecule has 0 aliphatic carbocycles. The average Bonchev–Trinajstić information content (AvgIpc) is 2.44. The molecular weight excluding hydrogens is 350 g/mol. The average molecular weight is 371 g/mol. The smallest absolute Gasteiger partial charge is 0.408 e. The van der Waals surface area contributed by atoms with Crippen molar-refractivity contribution in [3.8, 4) is 0 Å². The maximum atomic E-state index is 12.1.